The monoisotopic (exact) mass is 732 g/mol. The van der Waals surface area contributed by atoms with E-state index in [1.165, 1.54) is 0 Å². The van der Waals surface area contributed by atoms with E-state index in [0.29, 0.717) is 48.7 Å². The molecule has 0 saturated carbocycles. The van der Waals surface area contributed by atoms with Crippen LogP contribution in [0.25, 0.3) is 0 Å². The molecule has 12 nitrogen and oxygen atoms in total. The number of hydrogen-bond acceptors (Lipinski definition) is 12. The summed E-state index contributed by atoms with van der Waals surface area (Å²) in [6.45, 7) is 11.8. The third-order valence-electron chi connectivity index (χ3n) is 12.4. The quantitative estimate of drug-likeness (QED) is 0.206. The van der Waals surface area contributed by atoms with Gasteiger partial charge in [0.2, 0.25) is 0 Å². The van der Waals surface area contributed by atoms with Gasteiger partial charge in [-0.1, -0.05) is 64.5 Å². The Hall–Kier alpha value is -1.97. The van der Waals surface area contributed by atoms with Gasteiger partial charge in [-0.2, -0.15) is 0 Å². The lowest BCUT2D eigenvalue weighted by molar-refractivity contribution is -0.340. The molecule has 0 aromatic carbocycles. The van der Waals surface area contributed by atoms with Gasteiger partial charge in [-0.15, -0.1) is 0 Å². The van der Waals surface area contributed by atoms with Gasteiger partial charge in [0.1, 0.15) is 35.9 Å². The van der Waals surface area contributed by atoms with Crippen LogP contribution in [-0.2, 0) is 33.2 Å². The van der Waals surface area contributed by atoms with E-state index in [9.17, 15) is 30.3 Å². The average molecular weight is 733 g/mol. The maximum atomic E-state index is 14.2. The van der Waals surface area contributed by atoms with Crippen LogP contribution in [0.15, 0.2) is 47.1 Å². The summed E-state index contributed by atoms with van der Waals surface area (Å²) in [5, 5.41) is 54.6. The molecule has 16 atom stereocenters. The van der Waals surface area contributed by atoms with Gasteiger partial charge < -0.3 is 54.0 Å². The first-order valence-corrected chi connectivity index (χ1v) is 19.3. The molecule has 0 aromatic heterocycles. The maximum Gasteiger partial charge on any atom is 0.316 e. The SMILES string of the molecule is CC[C@H](C)[C@H]1O[C@]2(CC[C@@H]1C)C[C@@H]1C[C@@H](C/C=C(\C)[C@@H](O[C@@H]3O[C@H](CO)C[C@H](O)[C@H]3O)[C@@H](C)/C=C/C=C3\CO[C@@H]4[C@H](O)C(C)=C[C@@H](C(=O)O1)[C@]34O)O2. The number of esters is 1. The zero-order valence-electron chi connectivity index (χ0n) is 31.4. The number of allylic oxidation sites excluding steroid dienone is 2. The molecule has 12 heteroatoms. The van der Waals surface area contributed by atoms with Gasteiger partial charge in [0.05, 0.1) is 43.7 Å². The first-order valence-electron chi connectivity index (χ1n) is 19.3. The molecule has 6 rings (SSSR count). The second-order valence-electron chi connectivity index (χ2n) is 16.3. The first kappa shape index (κ1) is 39.7. The summed E-state index contributed by atoms with van der Waals surface area (Å²) in [5.41, 5.74) is -0.0488. The van der Waals surface area contributed by atoms with Crippen LogP contribution >= 0.6 is 0 Å². The minimum absolute atomic E-state index is 0.00866. The second-order valence-corrected chi connectivity index (χ2v) is 16.3. The smallest absolute Gasteiger partial charge is 0.316 e. The van der Waals surface area contributed by atoms with Crippen LogP contribution in [0.2, 0.25) is 0 Å². The first-order chi connectivity index (χ1) is 24.7. The van der Waals surface area contributed by atoms with Crippen molar-refractivity contribution >= 4 is 5.97 Å². The molecule has 0 aromatic rings. The molecule has 4 saturated heterocycles. The van der Waals surface area contributed by atoms with Crippen LogP contribution in [0.5, 0.6) is 0 Å². The Kier molecular flexibility index (Phi) is 12.2. The van der Waals surface area contributed by atoms with Gasteiger partial charge in [0.15, 0.2) is 12.1 Å². The lowest BCUT2D eigenvalue weighted by atomic mass is 9.71. The third-order valence-corrected chi connectivity index (χ3v) is 12.4. The maximum absolute atomic E-state index is 14.2. The fourth-order valence-corrected chi connectivity index (χ4v) is 9.06. The molecule has 5 N–H and O–H groups in total. The van der Waals surface area contributed by atoms with E-state index < -0.39 is 72.3 Å². The van der Waals surface area contributed by atoms with E-state index in [0.717, 1.165) is 18.4 Å². The lowest BCUT2D eigenvalue weighted by Crippen LogP contribution is -2.58. The molecule has 5 aliphatic heterocycles. The molecule has 4 fully saturated rings. The summed E-state index contributed by atoms with van der Waals surface area (Å²) < 4.78 is 38.3. The zero-order chi connectivity index (χ0) is 37.5. The second kappa shape index (κ2) is 16.0. The average Bonchev–Trinajstić information content (AvgIpc) is 3.46. The molecule has 292 valence electrons. The summed E-state index contributed by atoms with van der Waals surface area (Å²) >= 11 is 0. The standard InChI is InChI=1S/C40H60O12/c1-7-21(2)35-24(5)13-14-39(52-35)18-28-16-27(51-39)12-11-23(4)34(50-38-33(44)31(42)17-29(19-41)49-38)22(3)9-8-10-26-20-47-36-32(43)25(6)15-30(37(45)48-28)40(26,36)46/h8-11,15,21-22,24,27-36,38,41-44,46H,7,12-14,16-20H2,1-6H3/b9-8+,23-11+,26-10+/t21-,22-,24-,27+,28-,29-,30-,31-,32+,33+,34-,35+,36+,38-,39+,40+/m0/s1. The Bertz CT molecular complexity index is 1400. The summed E-state index contributed by atoms with van der Waals surface area (Å²) in [6, 6.07) is 0. The third kappa shape index (κ3) is 7.76. The Labute approximate surface area is 307 Å². The lowest BCUT2D eigenvalue weighted by Gasteiger charge is -2.51. The largest absolute Gasteiger partial charge is 0.462 e. The highest BCUT2D eigenvalue weighted by Crippen LogP contribution is 2.48. The minimum atomic E-state index is -1.84. The van der Waals surface area contributed by atoms with Gasteiger partial charge in [0.25, 0.3) is 0 Å². The van der Waals surface area contributed by atoms with E-state index in [4.69, 9.17) is 28.4 Å². The number of aliphatic hydroxyl groups is 5. The summed E-state index contributed by atoms with van der Waals surface area (Å²) in [4.78, 5) is 14.2. The Balaban J connectivity index is 1.39. The molecule has 0 amide bonds. The number of aliphatic hydroxyl groups excluding tert-OH is 4. The van der Waals surface area contributed by atoms with Crippen LogP contribution in [0.3, 0.4) is 0 Å². The molecule has 0 radical (unpaired) electrons. The number of ether oxygens (including phenoxy) is 6. The number of hydrogen-bond donors (Lipinski definition) is 5. The number of carbonyl (C=O) groups excluding carboxylic acids is 1. The van der Waals surface area contributed by atoms with Crippen LogP contribution in [0.1, 0.15) is 86.5 Å². The Morgan fingerprint density at radius 2 is 1.85 bits per heavy atom. The molecular formula is C40H60O12. The number of rotatable bonds is 5. The van der Waals surface area contributed by atoms with E-state index in [-0.39, 0.29) is 37.8 Å². The molecule has 6 aliphatic rings. The van der Waals surface area contributed by atoms with Crippen molar-refractivity contribution in [1.82, 2.24) is 0 Å². The Morgan fingerprint density at radius 3 is 2.58 bits per heavy atom. The zero-order valence-corrected chi connectivity index (χ0v) is 31.4. The molecule has 5 heterocycles. The van der Waals surface area contributed by atoms with Gasteiger partial charge >= 0.3 is 5.97 Å². The number of fused-ring (bicyclic) bond motifs is 2. The van der Waals surface area contributed by atoms with E-state index in [1.54, 1.807) is 25.2 Å². The van der Waals surface area contributed by atoms with Crippen molar-refractivity contribution in [1.29, 1.82) is 0 Å². The van der Waals surface area contributed by atoms with Crippen molar-refractivity contribution < 1.29 is 58.7 Å². The van der Waals surface area contributed by atoms with Crippen molar-refractivity contribution in [3.63, 3.8) is 0 Å². The molecule has 0 unspecified atom stereocenters. The summed E-state index contributed by atoms with van der Waals surface area (Å²) in [6.07, 6.45) is 4.73. The van der Waals surface area contributed by atoms with Crippen molar-refractivity contribution in [2.24, 2.45) is 23.7 Å². The van der Waals surface area contributed by atoms with Gasteiger partial charge in [0, 0.05) is 31.6 Å². The van der Waals surface area contributed by atoms with Crippen molar-refractivity contribution in [2.45, 2.75) is 159 Å². The minimum Gasteiger partial charge on any atom is -0.462 e. The van der Waals surface area contributed by atoms with E-state index in [1.807, 2.05) is 26.0 Å². The number of carbonyl (C=O) groups is 1. The molecule has 2 bridgehead atoms. The van der Waals surface area contributed by atoms with Crippen molar-refractivity contribution in [2.75, 3.05) is 13.2 Å². The molecular weight excluding hydrogens is 672 g/mol. The Morgan fingerprint density at radius 1 is 1.08 bits per heavy atom. The van der Waals surface area contributed by atoms with Gasteiger partial charge in [-0.3, -0.25) is 4.79 Å². The highest BCUT2D eigenvalue weighted by atomic mass is 16.7. The van der Waals surface area contributed by atoms with E-state index >= 15 is 0 Å². The molecule has 1 aliphatic carbocycles. The van der Waals surface area contributed by atoms with Crippen molar-refractivity contribution in [3.05, 3.63) is 47.1 Å². The fourth-order valence-electron chi connectivity index (χ4n) is 9.06. The van der Waals surface area contributed by atoms with Crippen LogP contribution < -0.4 is 0 Å². The topological polar surface area (TPSA) is 174 Å². The van der Waals surface area contributed by atoms with Crippen molar-refractivity contribution in [3.8, 4) is 0 Å². The van der Waals surface area contributed by atoms with E-state index in [2.05, 4.69) is 20.8 Å². The van der Waals surface area contributed by atoms with Crippen LogP contribution in [0.4, 0.5) is 0 Å². The highest BCUT2D eigenvalue weighted by molar-refractivity contribution is 5.78. The molecule has 52 heavy (non-hydrogen) atoms. The van der Waals surface area contributed by atoms with Gasteiger partial charge in [-0.25, -0.2) is 0 Å². The predicted octanol–water partition coefficient (Wildman–Crippen LogP) is 3.38. The fraction of sp³-hybridized carbons (Fsp3) is 0.775. The predicted molar refractivity (Wildman–Crippen MR) is 189 cm³/mol. The molecule has 1 spiro atoms. The summed E-state index contributed by atoms with van der Waals surface area (Å²) in [7, 11) is 0. The highest BCUT2D eigenvalue weighted by Gasteiger charge is 2.60. The normalized spacial score (nSPS) is 49.1. The summed E-state index contributed by atoms with van der Waals surface area (Å²) in [5.74, 6) is -2.32. The van der Waals surface area contributed by atoms with Crippen LogP contribution in [0, 0.1) is 23.7 Å². The van der Waals surface area contributed by atoms with Crippen LogP contribution in [-0.4, -0.2) is 117 Å². The van der Waals surface area contributed by atoms with Gasteiger partial charge in [-0.05, 0) is 55.2 Å².